The van der Waals surface area contributed by atoms with Gasteiger partial charge in [-0.2, -0.15) is 18.3 Å². The van der Waals surface area contributed by atoms with Crippen molar-refractivity contribution < 1.29 is 27.0 Å². The van der Waals surface area contributed by atoms with Gasteiger partial charge in [0.1, 0.15) is 12.5 Å². The lowest BCUT2D eigenvalue weighted by Gasteiger charge is -2.32. The minimum atomic E-state index is -4.12. The lowest BCUT2D eigenvalue weighted by atomic mass is 9.79. The van der Waals surface area contributed by atoms with E-state index in [1.54, 1.807) is 32.0 Å². The fraction of sp³-hybridized carbons (Fsp3) is 0.526. The van der Waals surface area contributed by atoms with Crippen LogP contribution < -0.4 is 15.3 Å². The van der Waals surface area contributed by atoms with E-state index in [1.807, 2.05) is 27.7 Å². The van der Waals surface area contributed by atoms with E-state index in [1.165, 1.54) is 13.2 Å². The Morgan fingerprint density at radius 1 is 1.13 bits per heavy atom. The highest BCUT2D eigenvalue weighted by Gasteiger charge is 2.53. The van der Waals surface area contributed by atoms with Crippen LogP contribution in [0.1, 0.15) is 39.0 Å². The molecule has 0 amide bonds. The topological polar surface area (TPSA) is 103 Å². The Labute approximate surface area is 177 Å². The number of hydrogen-bond acceptors (Lipinski definition) is 8. The van der Waals surface area contributed by atoms with Crippen LogP contribution in [0.25, 0.3) is 0 Å². The molecule has 1 aromatic carbocycles. The molecule has 1 aliphatic heterocycles. The average molecular weight is 437 g/mol. The Morgan fingerprint density at radius 3 is 2.27 bits per heavy atom. The van der Waals surface area contributed by atoms with Crippen molar-refractivity contribution in [3.05, 3.63) is 35.6 Å². The largest absolute Gasteiger partial charge is 0.496 e. The number of hydrazine groups is 1. The Morgan fingerprint density at radius 2 is 1.73 bits per heavy atom. The molecular weight excluding hydrogens is 409 g/mol. The summed E-state index contributed by atoms with van der Waals surface area (Å²) in [6.45, 7) is 11.1. The summed E-state index contributed by atoms with van der Waals surface area (Å²) < 4.78 is 50.8. The first-order valence-corrected chi connectivity index (χ1v) is 11.0. The van der Waals surface area contributed by atoms with Gasteiger partial charge in [-0.15, -0.1) is 0 Å². The zero-order valence-corrected chi connectivity index (χ0v) is 19.2. The summed E-state index contributed by atoms with van der Waals surface area (Å²) >= 11 is 0. The minimum Gasteiger partial charge on any atom is -0.399 e. The maximum absolute atomic E-state index is 13.7. The average Bonchev–Trinajstić information content (AvgIpc) is 3.11. The van der Waals surface area contributed by atoms with Gasteiger partial charge >= 0.3 is 7.12 Å². The number of ether oxygens (including phenoxy) is 1. The van der Waals surface area contributed by atoms with E-state index in [0.29, 0.717) is 16.8 Å². The van der Waals surface area contributed by atoms with Crippen molar-refractivity contribution in [2.24, 2.45) is 0 Å². The standard InChI is InChI=1S/C19H28BN3O6S/c1-13-14(2)27-22-17(13)23(21-12-26-7)30(24,25)16-11-9-8-10-15(16)20-28-18(3,4)19(5,6)29-20/h8-11,21H,12H2,1-7H3. The fourth-order valence-electron chi connectivity index (χ4n) is 2.97. The molecule has 1 fully saturated rings. The van der Waals surface area contributed by atoms with Crippen molar-refractivity contribution in [3.8, 4) is 0 Å². The van der Waals surface area contributed by atoms with Crippen molar-refractivity contribution in [2.45, 2.75) is 57.6 Å². The van der Waals surface area contributed by atoms with Crippen LogP contribution in [0.3, 0.4) is 0 Å². The third kappa shape index (κ3) is 3.87. The van der Waals surface area contributed by atoms with Gasteiger partial charge in [-0.3, -0.25) is 0 Å². The number of aryl methyl sites for hydroxylation is 1. The zero-order chi connectivity index (χ0) is 22.3. The predicted octanol–water partition coefficient (Wildman–Crippen LogP) is 1.89. The molecule has 2 aromatic rings. The third-order valence-electron chi connectivity index (χ3n) is 5.62. The second-order valence-electron chi connectivity index (χ2n) is 8.17. The predicted molar refractivity (Wildman–Crippen MR) is 113 cm³/mol. The second-order valence-corrected chi connectivity index (χ2v) is 9.93. The molecule has 0 atom stereocenters. The molecule has 3 rings (SSSR count). The molecule has 11 heteroatoms. The summed E-state index contributed by atoms with van der Waals surface area (Å²) in [5, 5.41) is 3.92. The van der Waals surface area contributed by atoms with Crippen LogP contribution in [-0.2, 0) is 24.1 Å². The molecule has 0 aliphatic carbocycles. The Hall–Kier alpha value is -1.92. The summed E-state index contributed by atoms with van der Waals surface area (Å²) in [6.07, 6.45) is 0. The summed E-state index contributed by atoms with van der Waals surface area (Å²) in [5.74, 6) is 0.650. The van der Waals surface area contributed by atoms with E-state index in [2.05, 4.69) is 10.6 Å². The number of benzene rings is 1. The van der Waals surface area contributed by atoms with Crippen LogP contribution >= 0.6 is 0 Å². The molecule has 0 bridgehead atoms. The molecular formula is C19H28BN3O6S. The molecule has 164 valence electrons. The summed E-state index contributed by atoms with van der Waals surface area (Å²) in [7, 11) is -3.51. The molecule has 9 nitrogen and oxygen atoms in total. The second kappa shape index (κ2) is 7.97. The Balaban J connectivity index is 2.09. The van der Waals surface area contributed by atoms with Gasteiger partial charge in [0.2, 0.25) is 5.82 Å². The van der Waals surface area contributed by atoms with Gasteiger partial charge in [0, 0.05) is 18.1 Å². The first kappa shape index (κ1) is 22.8. The zero-order valence-electron chi connectivity index (χ0n) is 18.3. The van der Waals surface area contributed by atoms with Crippen LogP contribution in [-0.4, -0.2) is 45.7 Å². The maximum atomic E-state index is 13.7. The molecule has 2 heterocycles. The van der Waals surface area contributed by atoms with Crippen molar-refractivity contribution in [2.75, 3.05) is 18.3 Å². The lowest BCUT2D eigenvalue weighted by molar-refractivity contribution is 0.00578. The SMILES string of the molecule is COCNN(c1noc(C)c1C)S(=O)(=O)c1ccccc1B1OC(C)(C)C(C)(C)O1. The quantitative estimate of drug-likeness (QED) is 0.398. The number of nitrogens with one attached hydrogen (secondary N) is 1. The molecule has 1 aromatic heterocycles. The first-order chi connectivity index (χ1) is 13.9. The van der Waals surface area contributed by atoms with Gasteiger partial charge in [-0.1, -0.05) is 23.4 Å². The molecule has 30 heavy (non-hydrogen) atoms. The molecule has 1 aliphatic rings. The number of sulfonamides is 1. The van der Waals surface area contributed by atoms with Crippen LogP contribution in [0.4, 0.5) is 5.82 Å². The lowest BCUT2D eigenvalue weighted by Crippen LogP contribution is -2.48. The van der Waals surface area contributed by atoms with E-state index in [-0.39, 0.29) is 17.4 Å². The number of rotatable bonds is 7. The molecule has 0 unspecified atom stereocenters. The van der Waals surface area contributed by atoms with Gasteiger partial charge in [0.15, 0.2) is 0 Å². The number of nitrogens with zero attached hydrogens (tertiary/aromatic N) is 2. The molecule has 0 radical (unpaired) electrons. The van der Waals surface area contributed by atoms with E-state index < -0.39 is 28.3 Å². The van der Waals surface area contributed by atoms with Crippen LogP contribution in [0.2, 0.25) is 0 Å². The highest BCUT2D eigenvalue weighted by atomic mass is 32.2. The van der Waals surface area contributed by atoms with Crippen molar-refractivity contribution >= 4 is 28.4 Å². The van der Waals surface area contributed by atoms with Crippen LogP contribution in [0.15, 0.2) is 33.7 Å². The smallest absolute Gasteiger partial charge is 0.399 e. The highest BCUT2D eigenvalue weighted by Crippen LogP contribution is 2.37. The van der Waals surface area contributed by atoms with Gasteiger partial charge in [0.25, 0.3) is 10.0 Å². The molecule has 0 saturated carbocycles. The number of aromatic nitrogens is 1. The van der Waals surface area contributed by atoms with E-state index in [9.17, 15) is 8.42 Å². The van der Waals surface area contributed by atoms with Crippen molar-refractivity contribution in [1.82, 2.24) is 10.6 Å². The van der Waals surface area contributed by atoms with Gasteiger partial charge in [-0.05, 0) is 47.6 Å². The Kier molecular flexibility index (Phi) is 6.05. The van der Waals surface area contributed by atoms with Gasteiger partial charge in [0.05, 0.1) is 16.1 Å². The minimum absolute atomic E-state index is 0.0344. The van der Waals surface area contributed by atoms with E-state index in [4.69, 9.17) is 18.6 Å². The van der Waals surface area contributed by atoms with Crippen molar-refractivity contribution in [3.63, 3.8) is 0 Å². The van der Waals surface area contributed by atoms with Gasteiger partial charge in [-0.25, -0.2) is 0 Å². The van der Waals surface area contributed by atoms with E-state index in [0.717, 1.165) is 4.41 Å². The Bertz CT molecular complexity index is 1010. The molecule has 1 N–H and O–H groups in total. The van der Waals surface area contributed by atoms with Gasteiger partial charge < -0.3 is 18.6 Å². The van der Waals surface area contributed by atoms with Crippen molar-refractivity contribution in [1.29, 1.82) is 0 Å². The highest BCUT2D eigenvalue weighted by molar-refractivity contribution is 7.93. The molecule has 0 spiro atoms. The molecule has 1 saturated heterocycles. The van der Waals surface area contributed by atoms with Crippen LogP contribution in [0, 0.1) is 13.8 Å². The maximum Gasteiger partial charge on any atom is 0.496 e. The number of hydrogen-bond donors (Lipinski definition) is 1. The summed E-state index contributed by atoms with van der Waals surface area (Å²) in [5.41, 5.74) is 2.52. The third-order valence-corrected chi connectivity index (χ3v) is 7.33. The summed E-state index contributed by atoms with van der Waals surface area (Å²) in [4.78, 5) is 0.0344. The van der Waals surface area contributed by atoms with Crippen LogP contribution in [0.5, 0.6) is 0 Å². The first-order valence-electron chi connectivity index (χ1n) is 9.57. The fourth-order valence-corrected chi connectivity index (χ4v) is 4.50. The summed E-state index contributed by atoms with van der Waals surface area (Å²) in [6, 6.07) is 6.60. The van der Waals surface area contributed by atoms with E-state index >= 15 is 0 Å². The monoisotopic (exact) mass is 437 g/mol. The number of anilines is 1. The normalized spacial score (nSPS) is 18.0. The number of methoxy groups -OCH3 is 1.